The Bertz CT molecular complexity index is 2770. The van der Waals surface area contributed by atoms with Crippen molar-refractivity contribution < 1.29 is 8.83 Å². The van der Waals surface area contributed by atoms with E-state index < -0.39 is 0 Å². The van der Waals surface area contributed by atoms with E-state index in [0.717, 1.165) is 71.6 Å². The van der Waals surface area contributed by atoms with Crippen molar-refractivity contribution in [2.45, 2.75) is 6.17 Å². The van der Waals surface area contributed by atoms with Gasteiger partial charge in [0.25, 0.3) is 0 Å². The lowest BCUT2D eigenvalue weighted by Crippen LogP contribution is -2.33. The van der Waals surface area contributed by atoms with Gasteiger partial charge in [-0.05, 0) is 64.4 Å². The highest BCUT2D eigenvalue weighted by molar-refractivity contribution is 6.24. The van der Waals surface area contributed by atoms with Crippen LogP contribution < -0.4 is 5.32 Å². The predicted molar refractivity (Wildman–Crippen MR) is 194 cm³/mol. The van der Waals surface area contributed by atoms with Crippen molar-refractivity contribution in [2.75, 3.05) is 0 Å². The van der Waals surface area contributed by atoms with E-state index in [-0.39, 0.29) is 6.17 Å². The molecule has 226 valence electrons. The lowest BCUT2D eigenvalue weighted by Gasteiger charge is -2.24. The Morgan fingerprint density at radius 2 is 1.35 bits per heavy atom. The number of hydrogen-bond acceptors (Lipinski definition) is 6. The van der Waals surface area contributed by atoms with Gasteiger partial charge in [0.1, 0.15) is 34.3 Å². The van der Waals surface area contributed by atoms with Gasteiger partial charge in [0.2, 0.25) is 0 Å². The van der Waals surface area contributed by atoms with Gasteiger partial charge in [0, 0.05) is 33.7 Å². The second-order valence-corrected chi connectivity index (χ2v) is 12.0. The molecule has 1 aliphatic heterocycles. The summed E-state index contributed by atoms with van der Waals surface area (Å²) in [4.78, 5) is 15.1. The highest BCUT2D eigenvalue weighted by Crippen LogP contribution is 2.42. The van der Waals surface area contributed by atoms with Crippen molar-refractivity contribution in [3.05, 3.63) is 162 Å². The first-order chi connectivity index (χ1) is 23.8. The molecule has 6 heteroatoms. The lowest BCUT2D eigenvalue weighted by atomic mass is 9.95. The Morgan fingerprint density at radius 1 is 0.562 bits per heavy atom. The Balaban J connectivity index is 1.20. The smallest absolute Gasteiger partial charge is 0.159 e. The predicted octanol–water partition coefficient (Wildman–Crippen LogP) is 10.2. The van der Waals surface area contributed by atoms with Crippen LogP contribution in [0.2, 0.25) is 0 Å². The number of pyridine rings is 1. The highest BCUT2D eigenvalue weighted by atomic mass is 16.3. The third-order valence-electron chi connectivity index (χ3n) is 9.19. The molecule has 0 radical (unpaired) electrons. The maximum Gasteiger partial charge on any atom is 0.159 e. The fourth-order valence-electron chi connectivity index (χ4n) is 6.95. The summed E-state index contributed by atoms with van der Waals surface area (Å²) in [6.45, 7) is 0. The number of amidine groups is 2. The summed E-state index contributed by atoms with van der Waals surface area (Å²) in [6.07, 6.45) is 1.45. The molecule has 0 saturated heterocycles. The molecule has 10 rings (SSSR count). The second-order valence-electron chi connectivity index (χ2n) is 12.0. The normalized spacial score (nSPS) is 14.9. The third kappa shape index (κ3) is 4.16. The zero-order valence-corrected chi connectivity index (χ0v) is 25.6. The maximum atomic E-state index is 6.67. The summed E-state index contributed by atoms with van der Waals surface area (Å²) in [5, 5.41) is 9.05. The minimum atomic E-state index is -0.357. The SMILES string of the molecule is c1ccc(C2=NC(c3ccc4ccccc4c3)NC(c3ccc(-c4cccc5oc6ccccc6c45)c4oc5cccnc5c34)=N2)cc1. The fourth-order valence-corrected chi connectivity index (χ4v) is 6.95. The van der Waals surface area contributed by atoms with Crippen molar-refractivity contribution in [2.24, 2.45) is 9.98 Å². The van der Waals surface area contributed by atoms with E-state index in [1.54, 1.807) is 0 Å². The van der Waals surface area contributed by atoms with Crippen molar-refractivity contribution in [3.63, 3.8) is 0 Å². The van der Waals surface area contributed by atoms with Crippen LogP contribution in [0.25, 0.3) is 65.9 Å². The van der Waals surface area contributed by atoms with E-state index in [1.165, 1.54) is 5.39 Å². The highest BCUT2D eigenvalue weighted by Gasteiger charge is 2.26. The molecule has 0 bridgehead atoms. The Kier molecular flexibility index (Phi) is 5.84. The Labute approximate surface area is 274 Å². The summed E-state index contributed by atoms with van der Waals surface area (Å²) < 4.78 is 12.9. The molecule has 0 spiro atoms. The van der Waals surface area contributed by atoms with Crippen LogP contribution in [0.4, 0.5) is 0 Å². The van der Waals surface area contributed by atoms with Gasteiger partial charge in [-0.3, -0.25) is 4.98 Å². The summed E-state index contributed by atoms with van der Waals surface area (Å²) in [6, 6.07) is 47.5. The molecule has 0 fully saturated rings. The van der Waals surface area contributed by atoms with Gasteiger partial charge in [-0.15, -0.1) is 0 Å². The first-order valence-corrected chi connectivity index (χ1v) is 16.0. The number of fused-ring (bicyclic) bond motifs is 7. The third-order valence-corrected chi connectivity index (χ3v) is 9.19. The molecule has 6 nitrogen and oxygen atoms in total. The number of rotatable bonds is 4. The fraction of sp³-hybridized carbons (Fsp3) is 0.0238. The van der Waals surface area contributed by atoms with Crippen LogP contribution in [0.3, 0.4) is 0 Å². The van der Waals surface area contributed by atoms with E-state index in [9.17, 15) is 0 Å². The summed E-state index contributed by atoms with van der Waals surface area (Å²) in [5.74, 6) is 1.37. The van der Waals surface area contributed by atoms with Gasteiger partial charge in [0.15, 0.2) is 11.4 Å². The monoisotopic (exact) mass is 618 g/mol. The molecule has 1 atom stereocenters. The minimum absolute atomic E-state index is 0.357. The van der Waals surface area contributed by atoms with E-state index in [1.807, 2.05) is 79.0 Å². The minimum Gasteiger partial charge on any atom is -0.456 e. The first-order valence-electron chi connectivity index (χ1n) is 16.0. The number of aliphatic imine (C=N–C) groups is 2. The molecule has 0 amide bonds. The van der Waals surface area contributed by atoms with E-state index in [2.05, 4.69) is 72.0 Å². The van der Waals surface area contributed by atoms with Crippen LogP contribution in [0.1, 0.15) is 22.9 Å². The van der Waals surface area contributed by atoms with E-state index in [4.69, 9.17) is 23.8 Å². The second kappa shape index (κ2) is 10.5. The molecule has 4 heterocycles. The standard InChI is InChI=1S/C42H26N4O2/c1-2-11-26(12-3-1)40-44-41(28-20-19-25-10-4-5-13-27(25)24-28)46-42(45-40)32-22-21-30(39-37(32)38-35(48-39)18-9-23-43-38)29-15-8-17-34-36(29)31-14-6-7-16-33(31)47-34/h1-24,41H,(H,44,45,46). The van der Waals surface area contributed by atoms with Gasteiger partial charge in [-0.2, -0.15) is 0 Å². The van der Waals surface area contributed by atoms with Crippen LogP contribution in [-0.2, 0) is 0 Å². The number of nitrogens with zero attached hydrogens (tertiary/aromatic N) is 3. The molecule has 3 aromatic heterocycles. The molecular weight excluding hydrogens is 592 g/mol. The molecule has 0 aliphatic carbocycles. The van der Waals surface area contributed by atoms with Crippen LogP contribution in [0.5, 0.6) is 0 Å². The zero-order chi connectivity index (χ0) is 31.6. The molecule has 1 aliphatic rings. The first kappa shape index (κ1) is 26.7. The number of aromatic nitrogens is 1. The lowest BCUT2D eigenvalue weighted by molar-refractivity contribution is 0.668. The van der Waals surface area contributed by atoms with Gasteiger partial charge >= 0.3 is 0 Å². The molecule has 48 heavy (non-hydrogen) atoms. The van der Waals surface area contributed by atoms with Crippen molar-refractivity contribution in [1.82, 2.24) is 10.3 Å². The number of para-hydroxylation sites is 1. The van der Waals surface area contributed by atoms with Crippen LogP contribution in [-0.4, -0.2) is 16.7 Å². The topological polar surface area (TPSA) is 75.9 Å². The Morgan fingerprint density at radius 3 is 2.29 bits per heavy atom. The summed E-state index contributed by atoms with van der Waals surface area (Å²) in [7, 11) is 0. The summed E-state index contributed by atoms with van der Waals surface area (Å²) >= 11 is 0. The van der Waals surface area contributed by atoms with Crippen LogP contribution >= 0.6 is 0 Å². The van der Waals surface area contributed by atoms with Crippen molar-refractivity contribution in [1.29, 1.82) is 0 Å². The van der Waals surface area contributed by atoms with Gasteiger partial charge in [0.05, 0.1) is 5.39 Å². The molecule has 6 aromatic carbocycles. The van der Waals surface area contributed by atoms with Crippen molar-refractivity contribution in [3.8, 4) is 11.1 Å². The number of benzene rings is 6. The Hall–Kier alpha value is -6.53. The number of nitrogens with one attached hydrogen (secondary N) is 1. The largest absolute Gasteiger partial charge is 0.456 e. The van der Waals surface area contributed by atoms with Gasteiger partial charge < -0.3 is 14.2 Å². The number of furan rings is 2. The summed E-state index contributed by atoms with van der Waals surface area (Å²) in [5.41, 5.74) is 8.82. The van der Waals surface area contributed by atoms with E-state index >= 15 is 0 Å². The van der Waals surface area contributed by atoms with Crippen LogP contribution in [0.15, 0.2) is 165 Å². The van der Waals surface area contributed by atoms with Gasteiger partial charge in [-0.25, -0.2) is 9.98 Å². The number of hydrogen-bond donors (Lipinski definition) is 1. The van der Waals surface area contributed by atoms with Gasteiger partial charge in [-0.1, -0.05) is 97.1 Å². The zero-order valence-electron chi connectivity index (χ0n) is 25.6. The molecular formula is C42H26N4O2. The molecule has 9 aromatic rings. The van der Waals surface area contributed by atoms with E-state index in [0.29, 0.717) is 17.3 Å². The maximum absolute atomic E-state index is 6.67. The average molecular weight is 619 g/mol. The molecule has 1 N–H and O–H groups in total. The van der Waals surface area contributed by atoms with Crippen LogP contribution in [0, 0.1) is 0 Å². The average Bonchev–Trinajstić information content (AvgIpc) is 3.74. The molecule has 0 saturated carbocycles. The van der Waals surface area contributed by atoms with Crippen molar-refractivity contribution >= 4 is 66.5 Å². The molecule has 1 unspecified atom stereocenters. The quantitative estimate of drug-likeness (QED) is 0.213.